The molecule has 3 aromatic rings. The maximum Gasteiger partial charge on any atom is 0.240 e. The highest BCUT2D eigenvalue weighted by Gasteiger charge is 2.14. The lowest BCUT2D eigenvalue weighted by molar-refractivity contribution is -0.121. The number of amides is 1. The Morgan fingerprint density at radius 1 is 1.14 bits per heavy atom. The number of carbonyl (C=O) groups is 1. The van der Waals surface area contributed by atoms with Crippen molar-refractivity contribution < 1.29 is 13.2 Å². The number of rotatable bonds is 8. The Bertz CT molecular complexity index is 1100. The Hall–Kier alpha value is -2.56. The molecule has 10 heteroatoms. The highest BCUT2D eigenvalue weighted by Crippen LogP contribution is 2.14. The lowest BCUT2D eigenvalue weighted by Gasteiger charge is -2.09. The number of aryl methyl sites for hydroxylation is 1. The highest BCUT2D eigenvalue weighted by atomic mass is 79.9. The van der Waals surface area contributed by atoms with Gasteiger partial charge in [0.05, 0.1) is 4.90 Å². The summed E-state index contributed by atoms with van der Waals surface area (Å²) in [5.41, 5.74) is 0.881. The first kappa shape index (κ1) is 21.2. The highest BCUT2D eigenvalue weighted by molar-refractivity contribution is 9.10. The number of sulfonamides is 1. The second-order valence-electron chi connectivity index (χ2n) is 6.25. The second-order valence-corrected chi connectivity index (χ2v) is 8.93. The molecule has 0 spiro atoms. The van der Waals surface area contributed by atoms with Gasteiger partial charge in [-0.25, -0.2) is 23.1 Å². The Morgan fingerprint density at radius 2 is 1.90 bits per heavy atom. The number of aromatic nitrogens is 3. The van der Waals surface area contributed by atoms with E-state index in [1.807, 2.05) is 29.8 Å². The Kier molecular flexibility index (Phi) is 6.78. The second kappa shape index (κ2) is 9.29. The molecule has 0 radical (unpaired) electrons. The normalized spacial score (nSPS) is 11.4. The summed E-state index contributed by atoms with van der Waals surface area (Å²) < 4.78 is 29.5. The average Bonchev–Trinajstić information content (AvgIpc) is 3.13. The molecule has 0 saturated heterocycles. The zero-order valence-corrected chi connectivity index (χ0v) is 18.1. The fraction of sp³-hybridized carbons (Fsp3) is 0.211. The zero-order valence-electron chi connectivity index (χ0n) is 15.7. The molecule has 0 bridgehead atoms. The summed E-state index contributed by atoms with van der Waals surface area (Å²) in [7, 11) is -3.64. The largest absolute Gasteiger partial charge is 0.352 e. The summed E-state index contributed by atoms with van der Waals surface area (Å²) >= 11 is 3.26. The molecular formula is C19H20BrN5O3S. The first-order valence-corrected chi connectivity index (χ1v) is 11.1. The van der Waals surface area contributed by atoms with Crippen LogP contribution >= 0.6 is 15.9 Å². The zero-order chi connectivity index (χ0) is 20.9. The van der Waals surface area contributed by atoms with Gasteiger partial charge < -0.3 is 5.32 Å². The number of nitrogens with zero attached hydrogens (tertiary/aromatic N) is 3. The van der Waals surface area contributed by atoms with Crippen LogP contribution in [0.3, 0.4) is 0 Å². The van der Waals surface area contributed by atoms with E-state index in [1.54, 1.807) is 24.5 Å². The van der Waals surface area contributed by atoms with Crippen LogP contribution in [0.1, 0.15) is 17.8 Å². The molecule has 0 aliphatic heterocycles. The lowest BCUT2D eigenvalue weighted by atomic mass is 10.2. The van der Waals surface area contributed by atoms with Gasteiger partial charge in [0.2, 0.25) is 15.9 Å². The first-order chi connectivity index (χ1) is 13.8. The van der Waals surface area contributed by atoms with Gasteiger partial charge >= 0.3 is 0 Å². The minimum atomic E-state index is -3.64. The van der Waals surface area contributed by atoms with Gasteiger partial charge in [0.1, 0.15) is 11.6 Å². The third-order valence-electron chi connectivity index (χ3n) is 4.14. The van der Waals surface area contributed by atoms with E-state index in [4.69, 9.17) is 0 Å². The predicted molar refractivity (Wildman–Crippen MR) is 112 cm³/mol. The monoisotopic (exact) mass is 477 g/mol. The van der Waals surface area contributed by atoms with Crippen molar-refractivity contribution in [1.82, 2.24) is 24.6 Å². The molecular weight excluding hydrogens is 458 g/mol. The van der Waals surface area contributed by atoms with Crippen LogP contribution in [-0.4, -0.2) is 35.4 Å². The van der Waals surface area contributed by atoms with Gasteiger partial charge in [0.25, 0.3) is 0 Å². The summed E-state index contributed by atoms with van der Waals surface area (Å²) in [6.45, 7) is 2.22. The standard InChI is InChI=1S/C19H20BrN5O3S/c1-14-21-10-11-25(14)18-12-15(6-8-22-18)13-23-19(26)7-9-24-29(27,28)17-4-2-16(20)3-5-17/h2-6,8,10-12,24H,7,9,13H2,1H3,(H,23,26). The summed E-state index contributed by atoms with van der Waals surface area (Å²) in [5, 5.41) is 2.79. The van der Waals surface area contributed by atoms with Crippen molar-refractivity contribution in [3.8, 4) is 5.82 Å². The first-order valence-electron chi connectivity index (χ1n) is 8.82. The Morgan fingerprint density at radius 3 is 2.59 bits per heavy atom. The van der Waals surface area contributed by atoms with Gasteiger partial charge in [-0.3, -0.25) is 9.36 Å². The molecule has 3 rings (SSSR count). The van der Waals surface area contributed by atoms with Crippen LogP contribution in [0.25, 0.3) is 5.82 Å². The van der Waals surface area contributed by atoms with Crippen molar-refractivity contribution >= 4 is 31.9 Å². The maximum absolute atomic E-state index is 12.2. The predicted octanol–water partition coefficient (Wildman–Crippen LogP) is 2.32. The molecule has 2 N–H and O–H groups in total. The number of hydrogen-bond donors (Lipinski definition) is 2. The van der Waals surface area contributed by atoms with Gasteiger partial charge in [-0.05, 0) is 48.9 Å². The molecule has 0 aliphatic carbocycles. The van der Waals surface area contributed by atoms with E-state index in [9.17, 15) is 13.2 Å². The lowest BCUT2D eigenvalue weighted by Crippen LogP contribution is -2.30. The third kappa shape index (κ3) is 5.72. The van der Waals surface area contributed by atoms with E-state index in [-0.39, 0.29) is 23.8 Å². The molecule has 0 saturated carbocycles. The quantitative estimate of drug-likeness (QED) is 0.517. The van der Waals surface area contributed by atoms with Crippen LogP contribution in [-0.2, 0) is 21.4 Å². The van der Waals surface area contributed by atoms with E-state index in [2.05, 4.69) is 35.9 Å². The van der Waals surface area contributed by atoms with Crippen molar-refractivity contribution in [2.45, 2.75) is 24.8 Å². The number of nitrogens with one attached hydrogen (secondary N) is 2. The number of carbonyl (C=O) groups excluding carboxylic acids is 1. The summed E-state index contributed by atoms with van der Waals surface area (Å²) in [6.07, 6.45) is 5.22. The molecule has 152 valence electrons. The SMILES string of the molecule is Cc1nccn1-c1cc(CNC(=O)CCNS(=O)(=O)c2ccc(Br)cc2)ccn1. The van der Waals surface area contributed by atoms with Gasteiger partial charge in [-0.2, -0.15) is 0 Å². The Labute approximate surface area is 177 Å². The topological polar surface area (TPSA) is 106 Å². The molecule has 8 nitrogen and oxygen atoms in total. The van der Waals surface area contributed by atoms with Crippen LogP contribution in [0.15, 0.2) is 64.4 Å². The van der Waals surface area contributed by atoms with Crippen LogP contribution in [0.4, 0.5) is 0 Å². The van der Waals surface area contributed by atoms with Crippen LogP contribution < -0.4 is 10.0 Å². The van der Waals surface area contributed by atoms with Gasteiger partial charge in [-0.1, -0.05) is 15.9 Å². The van der Waals surface area contributed by atoms with Gasteiger partial charge in [0.15, 0.2) is 0 Å². The number of hydrogen-bond acceptors (Lipinski definition) is 5. The number of pyridine rings is 1. The summed E-state index contributed by atoms with van der Waals surface area (Å²) in [5.74, 6) is 1.28. The molecule has 0 atom stereocenters. The van der Waals surface area contributed by atoms with E-state index < -0.39 is 10.0 Å². The van der Waals surface area contributed by atoms with Crippen molar-refractivity contribution in [1.29, 1.82) is 0 Å². The van der Waals surface area contributed by atoms with Gasteiger partial charge in [-0.15, -0.1) is 0 Å². The van der Waals surface area contributed by atoms with Crippen molar-refractivity contribution in [3.05, 3.63) is 70.8 Å². The van der Waals surface area contributed by atoms with Crippen molar-refractivity contribution in [3.63, 3.8) is 0 Å². The molecule has 2 heterocycles. The molecule has 0 aliphatic rings. The molecule has 1 amide bonds. The molecule has 1 aromatic carbocycles. The van der Waals surface area contributed by atoms with Crippen LogP contribution in [0, 0.1) is 6.92 Å². The minimum absolute atomic E-state index is 0.0139. The van der Waals surface area contributed by atoms with Gasteiger partial charge in [0, 0.05) is 42.6 Å². The average molecular weight is 478 g/mol. The molecule has 2 aromatic heterocycles. The summed E-state index contributed by atoms with van der Waals surface area (Å²) in [4.78, 5) is 20.7. The molecule has 0 fully saturated rings. The fourth-order valence-corrected chi connectivity index (χ4v) is 3.90. The maximum atomic E-state index is 12.2. The number of benzene rings is 1. The minimum Gasteiger partial charge on any atom is -0.352 e. The third-order valence-corrected chi connectivity index (χ3v) is 6.15. The summed E-state index contributed by atoms with van der Waals surface area (Å²) in [6, 6.07) is 9.97. The van der Waals surface area contributed by atoms with Crippen LogP contribution in [0.5, 0.6) is 0 Å². The fourth-order valence-electron chi connectivity index (χ4n) is 2.61. The molecule has 0 unspecified atom stereocenters. The molecule has 29 heavy (non-hydrogen) atoms. The van der Waals surface area contributed by atoms with Crippen molar-refractivity contribution in [2.75, 3.05) is 6.54 Å². The number of halogens is 1. The van der Waals surface area contributed by atoms with E-state index in [0.717, 1.165) is 15.9 Å². The smallest absolute Gasteiger partial charge is 0.240 e. The van der Waals surface area contributed by atoms with E-state index in [0.29, 0.717) is 12.4 Å². The van der Waals surface area contributed by atoms with Crippen molar-refractivity contribution in [2.24, 2.45) is 0 Å². The Balaban J connectivity index is 1.49. The van der Waals surface area contributed by atoms with E-state index in [1.165, 1.54) is 12.1 Å². The van der Waals surface area contributed by atoms with Crippen LogP contribution in [0.2, 0.25) is 0 Å². The van der Waals surface area contributed by atoms with E-state index >= 15 is 0 Å². The number of imidazole rings is 1.